The molecular formula is C21H17ClN4O2. The molecule has 6 nitrogen and oxygen atoms in total. The SMILES string of the molecule is Cc1nn(Cc2ccccc2Cl)c(C)c1/C=C(\C#N)c1ccc([N+](=O)[O-])cc1. The lowest BCUT2D eigenvalue weighted by molar-refractivity contribution is -0.384. The molecule has 0 bridgehead atoms. The molecule has 0 aliphatic carbocycles. The van der Waals surface area contributed by atoms with E-state index in [2.05, 4.69) is 11.2 Å². The van der Waals surface area contributed by atoms with Crippen LogP contribution in [0.25, 0.3) is 11.6 Å². The van der Waals surface area contributed by atoms with E-state index in [4.69, 9.17) is 11.6 Å². The monoisotopic (exact) mass is 392 g/mol. The maximum absolute atomic E-state index is 10.8. The summed E-state index contributed by atoms with van der Waals surface area (Å²) < 4.78 is 1.85. The average Bonchev–Trinajstić information content (AvgIpc) is 2.95. The van der Waals surface area contributed by atoms with Crippen molar-refractivity contribution >= 4 is 28.9 Å². The van der Waals surface area contributed by atoms with Crippen LogP contribution in [0.2, 0.25) is 5.02 Å². The number of aromatic nitrogens is 2. The summed E-state index contributed by atoms with van der Waals surface area (Å²) in [5, 5.41) is 25.7. The van der Waals surface area contributed by atoms with Crippen LogP contribution in [0.3, 0.4) is 0 Å². The Kier molecular flexibility index (Phi) is 5.57. The highest BCUT2D eigenvalue weighted by atomic mass is 35.5. The largest absolute Gasteiger partial charge is 0.269 e. The van der Waals surface area contributed by atoms with Crippen LogP contribution >= 0.6 is 11.6 Å². The fraction of sp³-hybridized carbons (Fsp3) is 0.143. The molecule has 1 aromatic heterocycles. The fourth-order valence-electron chi connectivity index (χ4n) is 2.95. The molecule has 0 unspecified atom stereocenters. The van der Waals surface area contributed by atoms with Crippen molar-refractivity contribution in [1.29, 1.82) is 5.26 Å². The molecule has 0 atom stereocenters. The number of aryl methyl sites for hydroxylation is 1. The molecule has 0 spiro atoms. The molecule has 28 heavy (non-hydrogen) atoms. The number of hydrogen-bond donors (Lipinski definition) is 0. The molecule has 2 aromatic carbocycles. The number of non-ortho nitro benzene ring substituents is 1. The van der Waals surface area contributed by atoms with Crippen molar-refractivity contribution in [1.82, 2.24) is 9.78 Å². The molecule has 7 heteroatoms. The number of nitriles is 1. The van der Waals surface area contributed by atoms with Crippen LogP contribution in [-0.2, 0) is 6.54 Å². The predicted molar refractivity (Wildman–Crippen MR) is 109 cm³/mol. The van der Waals surface area contributed by atoms with Gasteiger partial charge in [-0.1, -0.05) is 29.8 Å². The summed E-state index contributed by atoms with van der Waals surface area (Å²) in [4.78, 5) is 10.3. The van der Waals surface area contributed by atoms with Crippen molar-refractivity contribution in [2.24, 2.45) is 0 Å². The molecule has 0 aliphatic heterocycles. The van der Waals surface area contributed by atoms with Gasteiger partial charge in [0.05, 0.1) is 28.8 Å². The van der Waals surface area contributed by atoms with E-state index in [1.807, 2.05) is 42.8 Å². The molecule has 0 aliphatic rings. The second-order valence-electron chi connectivity index (χ2n) is 6.31. The third-order valence-corrected chi connectivity index (χ3v) is 4.88. The van der Waals surface area contributed by atoms with E-state index >= 15 is 0 Å². The zero-order valence-corrected chi connectivity index (χ0v) is 16.1. The fourth-order valence-corrected chi connectivity index (χ4v) is 3.14. The first-order valence-corrected chi connectivity index (χ1v) is 8.92. The molecule has 1 heterocycles. The molecule has 3 rings (SSSR count). The van der Waals surface area contributed by atoms with Crippen molar-refractivity contribution < 1.29 is 4.92 Å². The lowest BCUT2D eigenvalue weighted by atomic mass is 10.0. The van der Waals surface area contributed by atoms with Crippen LogP contribution in [-0.4, -0.2) is 14.7 Å². The van der Waals surface area contributed by atoms with Gasteiger partial charge in [0.15, 0.2) is 0 Å². The van der Waals surface area contributed by atoms with Gasteiger partial charge in [-0.3, -0.25) is 14.8 Å². The predicted octanol–water partition coefficient (Wildman–Crippen LogP) is 5.17. The standard InChI is InChI=1S/C21H17ClN4O2/c1-14-20(11-18(12-23)16-7-9-19(10-8-16)26(27)28)15(2)25(24-14)13-17-5-3-4-6-21(17)22/h3-11H,13H2,1-2H3/b18-11+. The first kappa shape index (κ1) is 19.3. The third-order valence-electron chi connectivity index (χ3n) is 4.51. The maximum Gasteiger partial charge on any atom is 0.269 e. The number of rotatable bonds is 5. The summed E-state index contributed by atoms with van der Waals surface area (Å²) >= 11 is 6.25. The summed E-state index contributed by atoms with van der Waals surface area (Å²) in [5.74, 6) is 0. The van der Waals surface area contributed by atoms with E-state index < -0.39 is 4.92 Å². The lowest BCUT2D eigenvalue weighted by Gasteiger charge is -2.07. The Bertz CT molecular complexity index is 1110. The van der Waals surface area contributed by atoms with Crippen LogP contribution in [0.1, 0.15) is 28.1 Å². The number of nitrogens with zero attached hydrogens (tertiary/aromatic N) is 4. The Morgan fingerprint density at radius 2 is 1.93 bits per heavy atom. The van der Waals surface area contributed by atoms with E-state index in [0.29, 0.717) is 22.7 Å². The van der Waals surface area contributed by atoms with Crippen LogP contribution in [0.15, 0.2) is 48.5 Å². The molecule has 0 radical (unpaired) electrons. The quantitative estimate of drug-likeness (QED) is 0.340. The van der Waals surface area contributed by atoms with E-state index in [0.717, 1.165) is 22.5 Å². The summed E-state index contributed by atoms with van der Waals surface area (Å²) in [5.41, 5.74) is 4.53. The Morgan fingerprint density at radius 1 is 1.25 bits per heavy atom. The van der Waals surface area contributed by atoms with E-state index in [9.17, 15) is 15.4 Å². The van der Waals surface area contributed by atoms with Crippen molar-refractivity contribution in [2.75, 3.05) is 0 Å². The molecule has 0 amide bonds. The van der Waals surface area contributed by atoms with Crippen molar-refractivity contribution in [3.8, 4) is 6.07 Å². The van der Waals surface area contributed by atoms with Crippen molar-refractivity contribution in [3.63, 3.8) is 0 Å². The maximum atomic E-state index is 10.8. The second kappa shape index (κ2) is 8.07. The number of halogens is 1. The van der Waals surface area contributed by atoms with Crippen LogP contribution < -0.4 is 0 Å². The van der Waals surface area contributed by atoms with Gasteiger partial charge in [0.2, 0.25) is 0 Å². The Labute approximate surface area is 167 Å². The molecule has 0 saturated heterocycles. The number of hydrogen-bond acceptors (Lipinski definition) is 4. The Morgan fingerprint density at radius 3 is 2.54 bits per heavy atom. The number of nitro benzene ring substituents is 1. The zero-order valence-electron chi connectivity index (χ0n) is 15.4. The molecule has 140 valence electrons. The van der Waals surface area contributed by atoms with Crippen LogP contribution in [0.5, 0.6) is 0 Å². The van der Waals surface area contributed by atoms with Gasteiger partial charge >= 0.3 is 0 Å². The summed E-state index contributed by atoms with van der Waals surface area (Å²) in [6.07, 6.45) is 1.77. The smallest absolute Gasteiger partial charge is 0.265 e. The zero-order chi connectivity index (χ0) is 20.3. The Balaban J connectivity index is 1.96. The van der Waals surface area contributed by atoms with Gasteiger partial charge in [-0.15, -0.1) is 0 Å². The topological polar surface area (TPSA) is 84.8 Å². The van der Waals surface area contributed by atoms with Gasteiger partial charge in [0.1, 0.15) is 0 Å². The van der Waals surface area contributed by atoms with E-state index in [-0.39, 0.29) is 5.69 Å². The van der Waals surface area contributed by atoms with Gasteiger partial charge in [-0.05, 0) is 49.2 Å². The van der Waals surface area contributed by atoms with E-state index in [1.165, 1.54) is 12.1 Å². The minimum Gasteiger partial charge on any atom is -0.265 e. The number of allylic oxidation sites excluding steroid dienone is 1. The highest BCUT2D eigenvalue weighted by Gasteiger charge is 2.13. The second-order valence-corrected chi connectivity index (χ2v) is 6.71. The van der Waals surface area contributed by atoms with E-state index in [1.54, 1.807) is 18.2 Å². The Hall–Kier alpha value is -3.43. The number of nitro groups is 1. The van der Waals surface area contributed by atoms with Crippen molar-refractivity contribution in [2.45, 2.75) is 20.4 Å². The molecule has 0 N–H and O–H groups in total. The lowest BCUT2D eigenvalue weighted by Crippen LogP contribution is -2.04. The molecular weight excluding hydrogens is 376 g/mol. The molecule has 3 aromatic rings. The van der Waals surface area contributed by atoms with Crippen LogP contribution in [0.4, 0.5) is 5.69 Å². The minimum atomic E-state index is -0.466. The third kappa shape index (κ3) is 3.95. The summed E-state index contributed by atoms with van der Waals surface area (Å²) in [6.45, 7) is 4.35. The molecule has 0 fully saturated rings. The average molecular weight is 393 g/mol. The summed E-state index contributed by atoms with van der Waals surface area (Å²) in [7, 11) is 0. The van der Waals surface area contributed by atoms with Gasteiger partial charge in [0, 0.05) is 28.4 Å². The first-order chi connectivity index (χ1) is 13.4. The minimum absolute atomic E-state index is 0.0130. The van der Waals surface area contributed by atoms with Gasteiger partial charge in [-0.2, -0.15) is 10.4 Å². The highest BCUT2D eigenvalue weighted by Crippen LogP contribution is 2.25. The normalized spacial score (nSPS) is 11.3. The van der Waals surface area contributed by atoms with Crippen molar-refractivity contribution in [3.05, 3.63) is 91.7 Å². The van der Waals surface area contributed by atoms with Crippen LogP contribution in [0, 0.1) is 35.3 Å². The molecule has 0 saturated carbocycles. The highest BCUT2D eigenvalue weighted by molar-refractivity contribution is 6.31. The summed E-state index contributed by atoms with van der Waals surface area (Å²) in [6, 6.07) is 15.7. The number of benzene rings is 2. The van der Waals surface area contributed by atoms with Gasteiger partial charge in [-0.25, -0.2) is 0 Å². The first-order valence-electron chi connectivity index (χ1n) is 8.54. The van der Waals surface area contributed by atoms with Gasteiger partial charge in [0.25, 0.3) is 5.69 Å². The van der Waals surface area contributed by atoms with Gasteiger partial charge < -0.3 is 0 Å².